The molecule has 5 aliphatic rings. The third kappa shape index (κ3) is 2.07. The second-order valence-corrected chi connectivity index (χ2v) is 12.1. The van der Waals surface area contributed by atoms with Gasteiger partial charge in [-0.05, 0) is 52.5 Å². The molecular weight excluding hydrogens is 424 g/mol. The lowest BCUT2D eigenvalue weighted by molar-refractivity contribution is -0.285. The predicted molar refractivity (Wildman–Crippen MR) is 116 cm³/mol. The summed E-state index contributed by atoms with van der Waals surface area (Å²) in [4.78, 5) is 27.3. The van der Waals surface area contributed by atoms with E-state index in [2.05, 4.69) is 27.7 Å². The molecule has 0 aromatic carbocycles. The number of Topliss-reactive ketones (excluding diaryl/α,β-unsaturated/α-hetero) is 1. The lowest BCUT2D eigenvalue weighted by Crippen LogP contribution is -2.72. The number of carbonyl (C=O) groups is 2. The first-order valence-electron chi connectivity index (χ1n) is 12.0. The molecule has 4 heterocycles. The fourth-order valence-corrected chi connectivity index (χ4v) is 9.16. The molecule has 0 N–H and O–H groups in total. The molecular formula is C26H34O7. The quantitative estimate of drug-likeness (QED) is 0.485. The number of epoxide rings is 1. The maximum absolute atomic E-state index is 14.2. The van der Waals surface area contributed by atoms with Gasteiger partial charge < -0.3 is 23.4 Å². The van der Waals surface area contributed by atoms with Crippen LogP contribution in [0.5, 0.6) is 0 Å². The molecule has 0 bridgehead atoms. The minimum absolute atomic E-state index is 0.00121. The van der Waals surface area contributed by atoms with Crippen molar-refractivity contribution in [2.75, 3.05) is 7.11 Å². The second-order valence-electron chi connectivity index (χ2n) is 12.1. The van der Waals surface area contributed by atoms with Crippen LogP contribution in [0.25, 0.3) is 0 Å². The van der Waals surface area contributed by atoms with E-state index in [0.29, 0.717) is 6.42 Å². The molecule has 9 atom stereocenters. The maximum atomic E-state index is 14.2. The van der Waals surface area contributed by atoms with Crippen LogP contribution in [0.3, 0.4) is 0 Å². The van der Waals surface area contributed by atoms with Gasteiger partial charge in [-0.2, -0.15) is 0 Å². The Bertz CT molecular complexity index is 1050. The van der Waals surface area contributed by atoms with E-state index in [-0.39, 0.29) is 17.6 Å². The summed E-state index contributed by atoms with van der Waals surface area (Å²) in [5, 5.41) is 0. The fraction of sp³-hybridized carbons (Fsp3) is 0.769. The highest BCUT2D eigenvalue weighted by molar-refractivity contribution is 5.93. The molecule has 7 heteroatoms. The third-order valence-electron chi connectivity index (χ3n) is 10.8. The van der Waals surface area contributed by atoms with Crippen molar-refractivity contribution < 1.29 is 33.0 Å². The first-order valence-corrected chi connectivity index (χ1v) is 12.0. The summed E-state index contributed by atoms with van der Waals surface area (Å²) in [7, 11) is 1.69. The number of hydrogen-bond donors (Lipinski definition) is 0. The van der Waals surface area contributed by atoms with Crippen molar-refractivity contribution in [3.8, 4) is 0 Å². The number of ketones is 1. The Morgan fingerprint density at radius 1 is 1.03 bits per heavy atom. The van der Waals surface area contributed by atoms with E-state index in [9.17, 15) is 9.59 Å². The molecule has 3 saturated heterocycles. The van der Waals surface area contributed by atoms with Crippen LogP contribution in [0.1, 0.15) is 72.5 Å². The number of esters is 1. The molecule has 5 fully saturated rings. The smallest absolute Gasteiger partial charge is 0.339 e. The monoisotopic (exact) mass is 458 g/mol. The summed E-state index contributed by atoms with van der Waals surface area (Å²) in [6, 6.07) is 1.84. The van der Waals surface area contributed by atoms with Gasteiger partial charge in [0.25, 0.3) is 0 Å². The zero-order valence-electron chi connectivity index (χ0n) is 20.5. The van der Waals surface area contributed by atoms with Crippen molar-refractivity contribution in [2.24, 2.45) is 28.1 Å². The van der Waals surface area contributed by atoms with E-state index < -0.39 is 51.4 Å². The minimum atomic E-state index is -0.924. The number of furan rings is 1. The Morgan fingerprint density at radius 3 is 2.39 bits per heavy atom. The number of cyclic esters (lactones) is 1. The van der Waals surface area contributed by atoms with Crippen LogP contribution in [0.2, 0.25) is 0 Å². The molecule has 7 nitrogen and oxygen atoms in total. The standard InChI is InChI=1S/C26H34O7/c1-21(2)16-12-17(27)24(5)15(23(16,4)25(6,29-7)33-21)8-10-22(3)18(14-9-11-30-13-14)31-20(28)19-26(22,24)32-19/h9,11,13,15-16,18-19H,8,10,12H2,1-7H3/t15-,16-,18+,19-,22+,23-,24+,25-,26-/m1/s1. The topological polar surface area (TPSA) is 87.5 Å². The molecule has 1 spiro atoms. The number of hydrogen-bond acceptors (Lipinski definition) is 7. The lowest BCUT2D eigenvalue weighted by Gasteiger charge is -2.65. The number of fused-ring (bicyclic) bond motifs is 3. The highest BCUT2D eigenvalue weighted by Gasteiger charge is 2.89. The van der Waals surface area contributed by atoms with Crippen molar-refractivity contribution in [3.63, 3.8) is 0 Å². The van der Waals surface area contributed by atoms with Crippen molar-refractivity contribution in [2.45, 2.75) is 90.0 Å². The maximum Gasteiger partial charge on any atom is 0.339 e. The van der Waals surface area contributed by atoms with E-state index in [4.69, 9.17) is 23.4 Å². The molecule has 1 aromatic heterocycles. The van der Waals surface area contributed by atoms with Crippen molar-refractivity contribution in [1.82, 2.24) is 0 Å². The molecule has 1 aromatic rings. The van der Waals surface area contributed by atoms with Crippen LogP contribution in [0.4, 0.5) is 0 Å². The summed E-state index contributed by atoms with van der Waals surface area (Å²) in [5.74, 6) is -1.17. The van der Waals surface area contributed by atoms with E-state index in [1.54, 1.807) is 19.6 Å². The molecule has 33 heavy (non-hydrogen) atoms. The van der Waals surface area contributed by atoms with Gasteiger partial charge >= 0.3 is 5.97 Å². The van der Waals surface area contributed by atoms with Gasteiger partial charge in [0.2, 0.25) is 0 Å². The lowest BCUT2D eigenvalue weighted by atomic mass is 9.37. The van der Waals surface area contributed by atoms with Crippen LogP contribution in [0.15, 0.2) is 23.0 Å². The molecule has 2 aliphatic carbocycles. The Kier molecular flexibility index (Phi) is 3.91. The van der Waals surface area contributed by atoms with E-state index in [0.717, 1.165) is 18.4 Å². The number of methoxy groups -OCH3 is 1. The summed E-state index contributed by atoms with van der Waals surface area (Å²) in [5.41, 5.74) is -2.50. The van der Waals surface area contributed by atoms with Crippen LogP contribution >= 0.6 is 0 Å². The summed E-state index contributed by atoms with van der Waals surface area (Å²) < 4.78 is 30.3. The van der Waals surface area contributed by atoms with Gasteiger partial charge in [-0.15, -0.1) is 0 Å². The number of rotatable bonds is 2. The fourth-order valence-electron chi connectivity index (χ4n) is 9.16. The van der Waals surface area contributed by atoms with Gasteiger partial charge in [-0.25, -0.2) is 4.79 Å². The van der Waals surface area contributed by atoms with Crippen LogP contribution in [-0.2, 0) is 28.5 Å². The van der Waals surface area contributed by atoms with Crippen LogP contribution < -0.4 is 0 Å². The molecule has 2 saturated carbocycles. The normalized spacial score (nSPS) is 54.0. The van der Waals surface area contributed by atoms with Crippen molar-refractivity contribution in [1.29, 1.82) is 0 Å². The van der Waals surface area contributed by atoms with Gasteiger partial charge in [-0.3, -0.25) is 4.79 Å². The zero-order chi connectivity index (χ0) is 23.8. The van der Waals surface area contributed by atoms with Gasteiger partial charge in [-0.1, -0.05) is 13.8 Å². The van der Waals surface area contributed by atoms with Crippen molar-refractivity contribution >= 4 is 11.8 Å². The first kappa shape index (κ1) is 21.8. The van der Waals surface area contributed by atoms with Gasteiger partial charge in [0.05, 0.1) is 23.5 Å². The van der Waals surface area contributed by atoms with E-state index in [1.807, 2.05) is 19.9 Å². The van der Waals surface area contributed by atoms with Crippen LogP contribution in [0, 0.1) is 28.1 Å². The molecule has 6 rings (SSSR count). The SMILES string of the molecule is CO[C@]1(C)OC(C)(C)[C@H]2CC(=O)[C@]3(C)[C@H](CC[C@@]4(C)[C@H](c5ccoc5)OC(=O)[C@H]5O[C@]543)[C@]21C. The Morgan fingerprint density at radius 2 is 1.76 bits per heavy atom. The second kappa shape index (κ2) is 5.92. The molecule has 180 valence electrons. The van der Waals surface area contributed by atoms with Crippen molar-refractivity contribution in [3.05, 3.63) is 24.2 Å². The summed E-state index contributed by atoms with van der Waals surface area (Å²) in [6.45, 7) is 12.5. The molecule has 0 radical (unpaired) electrons. The van der Waals surface area contributed by atoms with E-state index >= 15 is 0 Å². The average Bonchev–Trinajstić information content (AvgIpc) is 3.27. The highest BCUT2D eigenvalue weighted by atomic mass is 16.7. The third-order valence-corrected chi connectivity index (χ3v) is 10.8. The first-order chi connectivity index (χ1) is 15.3. The Balaban J connectivity index is 1.54. The van der Waals surface area contributed by atoms with Gasteiger partial charge in [0.1, 0.15) is 17.5 Å². The molecule has 0 amide bonds. The molecule has 3 aliphatic heterocycles. The largest absolute Gasteiger partial charge is 0.472 e. The molecule has 0 unspecified atom stereocenters. The number of carbonyl (C=O) groups excluding carboxylic acids is 2. The summed E-state index contributed by atoms with van der Waals surface area (Å²) in [6.07, 6.45) is 3.87. The number of ether oxygens (including phenoxy) is 4. The van der Waals surface area contributed by atoms with E-state index in [1.165, 1.54) is 0 Å². The highest BCUT2D eigenvalue weighted by Crippen LogP contribution is 2.80. The zero-order valence-corrected chi connectivity index (χ0v) is 20.5. The average molecular weight is 459 g/mol. The predicted octanol–water partition coefficient (Wildman–Crippen LogP) is 4.20. The Hall–Kier alpha value is -1.70. The minimum Gasteiger partial charge on any atom is -0.472 e. The van der Waals surface area contributed by atoms with Crippen LogP contribution in [-0.4, -0.2) is 42.0 Å². The van der Waals surface area contributed by atoms with Gasteiger partial charge in [0, 0.05) is 35.8 Å². The Labute approximate surface area is 194 Å². The summed E-state index contributed by atoms with van der Waals surface area (Å²) >= 11 is 0. The van der Waals surface area contributed by atoms with Gasteiger partial charge in [0.15, 0.2) is 11.9 Å².